The number of amides is 1. The van der Waals surface area contributed by atoms with E-state index in [4.69, 9.17) is 0 Å². The Morgan fingerprint density at radius 1 is 1.40 bits per heavy atom. The predicted molar refractivity (Wildman–Crippen MR) is 76.0 cm³/mol. The normalized spacial score (nSPS) is 17.6. The molecule has 1 fully saturated rings. The molecule has 1 aliphatic carbocycles. The zero-order chi connectivity index (χ0) is 13.9. The van der Waals surface area contributed by atoms with Crippen LogP contribution in [0.2, 0.25) is 0 Å². The predicted octanol–water partition coefficient (Wildman–Crippen LogP) is 1.41. The molecule has 1 aliphatic heterocycles. The largest absolute Gasteiger partial charge is 0.322 e. The number of nitrogens with one attached hydrogen (secondary N) is 3. The Kier molecular flexibility index (Phi) is 3.98. The van der Waals surface area contributed by atoms with Crippen LogP contribution in [0.3, 0.4) is 0 Å². The molecule has 0 unspecified atom stereocenters. The average molecular weight is 277 g/mol. The van der Waals surface area contributed by atoms with Gasteiger partial charge in [-0.15, -0.1) is 0 Å². The molecule has 0 atom stereocenters. The quantitative estimate of drug-likeness (QED) is 0.763. The minimum atomic E-state index is -0.278. The van der Waals surface area contributed by atoms with Crippen molar-refractivity contribution in [2.75, 3.05) is 25.0 Å². The van der Waals surface area contributed by atoms with Crippen LogP contribution in [0.5, 0.6) is 0 Å². The summed E-state index contributed by atoms with van der Waals surface area (Å²) in [4.78, 5) is 11.8. The Bertz CT molecular complexity index is 514. The van der Waals surface area contributed by atoms with E-state index in [-0.39, 0.29) is 18.3 Å². The van der Waals surface area contributed by atoms with Crippen molar-refractivity contribution in [1.82, 2.24) is 10.6 Å². The van der Waals surface area contributed by atoms with E-state index in [0.29, 0.717) is 18.7 Å². The molecule has 0 bridgehead atoms. The molecule has 0 saturated heterocycles. The van der Waals surface area contributed by atoms with Crippen LogP contribution in [-0.2, 0) is 17.8 Å². The molecule has 1 aromatic rings. The first kappa shape index (κ1) is 13.5. The molecule has 0 spiro atoms. The van der Waals surface area contributed by atoms with Gasteiger partial charge in [0.05, 0.1) is 12.2 Å². The first-order valence-corrected chi connectivity index (χ1v) is 7.25. The molecule has 0 radical (unpaired) electrons. The van der Waals surface area contributed by atoms with Crippen LogP contribution in [0.25, 0.3) is 0 Å². The van der Waals surface area contributed by atoms with E-state index in [1.54, 1.807) is 6.07 Å². The summed E-state index contributed by atoms with van der Waals surface area (Å²) in [6.07, 6.45) is 3.18. The molecule has 3 rings (SSSR count). The van der Waals surface area contributed by atoms with E-state index >= 15 is 0 Å². The molecule has 1 aromatic carbocycles. The molecule has 20 heavy (non-hydrogen) atoms. The van der Waals surface area contributed by atoms with Crippen molar-refractivity contribution in [2.24, 2.45) is 5.92 Å². The van der Waals surface area contributed by atoms with Gasteiger partial charge in [0.1, 0.15) is 5.82 Å². The Morgan fingerprint density at radius 2 is 2.25 bits per heavy atom. The third kappa shape index (κ3) is 3.16. The van der Waals surface area contributed by atoms with Gasteiger partial charge >= 0.3 is 0 Å². The van der Waals surface area contributed by atoms with Gasteiger partial charge < -0.3 is 16.0 Å². The van der Waals surface area contributed by atoms with Gasteiger partial charge in [-0.1, -0.05) is 6.07 Å². The van der Waals surface area contributed by atoms with Crippen molar-refractivity contribution in [1.29, 1.82) is 0 Å². The molecular formula is C15H20FN3O. The van der Waals surface area contributed by atoms with Crippen molar-refractivity contribution in [3.63, 3.8) is 0 Å². The summed E-state index contributed by atoms with van der Waals surface area (Å²) < 4.78 is 14.3. The Hall–Kier alpha value is -1.46. The highest BCUT2D eigenvalue weighted by Crippen LogP contribution is 2.27. The highest BCUT2D eigenvalue weighted by Gasteiger charge is 2.21. The van der Waals surface area contributed by atoms with Crippen molar-refractivity contribution >= 4 is 11.6 Å². The number of rotatable bonds is 5. The van der Waals surface area contributed by atoms with Gasteiger partial charge in [0.25, 0.3) is 0 Å². The van der Waals surface area contributed by atoms with Crippen LogP contribution in [0.15, 0.2) is 12.1 Å². The molecule has 3 N–H and O–H groups in total. The third-order valence-electron chi connectivity index (χ3n) is 3.90. The smallest absolute Gasteiger partial charge is 0.238 e. The van der Waals surface area contributed by atoms with Gasteiger partial charge in [-0.05, 0) is 55.5 Å². The SMILES string of the molecule is O=C(CNCC1CC1)Nc1ccc2c(c1F)CCNC2. The van der Waals surface area contributed by atoms with E-state index in [2.05, 4.69) is 16.0 Å². The maximum absolute atomic E-state index is 14.3. The summed E-state index contributed by atoms with van der Waals surface area (Å²) in [5.74, 6) is 0.272. The number of benzene rings is 1. The van der Waals surface area contributed by atoms with E-state index in [0.717, 1.165) is 30.1 Å². The fourth-order valence-corrected chi connectivity index (χ4v) is 2.54. The van der Waals surface area contributed by atoms with Crippen LogP contribution in [0.4, 0.5) is 10.1 Å². The van der Waals surface area contributed by atoms with Gasteiger partial charge in [0.15, 0.2) is 0 Å². The second-order valence-electron chi connectivity index (χ2n) is 5.61. The molecule has 2 aliphatic rings. The van der Waals surface area contributed by atoms with Crippen LogP contribution in [0.1, 0.15) is 24.0 Å². The van der Waals surface area contributed by atoms with E-state index < -0.39 is 0 Å². The summed E-state index contributed by atoms with van der Waals surface area (Å²) in [5.41, 5.74) is 2.01. The van der Waals surface area contributed by atoms with Crippen LogP contribution in [-0.4, -0.2) is 25.5 Å². The Labute approximate surface area is 118 Å². The summed E-state index contributed by atoms with van der Waals surface area (Å²) in [6.45, 7) is 2.61. The lowest BCUT2D eigenvalue weighted by Crippen LogP contribution is -2.30. The summed E-state index contributed by atoms with van der Waals surface area (Å²) >= 11 is 0. The van der Waals surface area contributed by atoms with Gasteiger partial charge in [-0.25, -0.2) is 4.39 Å². The molecule has 108 valence electrons. The summed E-state index contributed by atoms with van der Waals surface area (Å²) in [7, 11) is 0. The first-order valence-electron chi connectivity index (χ1n) is 7.25. The number of hydrogen-bond acceptors (Lipinski definition) is 3. The minimum Gasteiger partial charge on any atom is -0.322 e. The molecular weight excluding hydrogens is 257 g/mol. The molecule has 1 amide bonds. The molecule has 1 saturated carbocycles. The van der Waals surface area contributed by atoms with Crippen molar-refractivity contribution < 1.29 is 9.18 Å². The van der Waals surface area contributed by atoms with Gasteiger partial charge in [0.2, 0.25) is 5.91 Å². The number of anilines is 1. The molecule has 4 nitrogen and oxygen atoms in total. The second kappa shape index (κ2) is 5.89. The molecule has 0 aromatic heterocycles. The van der Waals surface area contributed by atoms with Gasteiger partial charge in [-0.2, -0.15) is 0 Å². The van der Waals surface area contributed by atoms with E-state index in [1.165, 1.54) is 12.8 Å². The topological polar surface area (TPSA) is 53.2 Å². The Morgan fingerprint density at radius 3 is 3.05 bits per heavy atom. The van der Waals surface area contributed by atoms with Gasteiger partial charge in [-0.3, -0.25) is 4.79 Å². The number of fused-ring (bicyclic) bond motifs is 1. The monoisotopic (exact) mass is 277 g/mol. The van der Waals surface area contributed by atoms with Crippen LogP contribution in [0, 0.1) is 11.7 Å². The first-order chi connectivity index (χ1) is 9.74. The maximum Gasteiger partial charge on any atom is 0.238 e. The van der Waals surface area contributed by atoms with Crippen LogP contribution < -0.4 is 16.0 Å². The van der Waals surface area contributed by atoms with Crippen molar-refractivity contribution in [3.8, 4) is 0 Å². The van der Waals surface area contributed by atoms with Gasteiger partial charge in [0, 0.05) is 6.54 Å². The number of carbonyl (C=O) groups excluding carboxylic acids is 1. The zero-order valence-electron chi connectivity index (χ0n) is 11.5. The minimum absolute atomic E-state index is 0.182. The molecule has 5 heteroatoms. The summed E-state index contributed by atoms with van der Waals surface area (Å²) in [6, 6.07) is 3.54. The fourth-order valence-electron chi connectivity index (χ4n) is 2.54. The molecule has 1 heterocycles. The fraction of sp³-hybridized carbons (Fsp3) is 0.533. The van der Waals surface area contributed by atoms with E-state index in [9.17, 15) is 9.18 Å². The van der Waals surface area contributed by atoms with Crippen LogP contribution >= 0.6 is 0 Å². The van der Waals surface area contributed by atoms with E-state index in [1.807, 2.05) is 6.07 Å². The van der Waals surface area contributed by atoms with Crippen molar-refractivity contribution in [3.05, 3.63) is 29.1 Å². The lowest BCUT2D eigenvalue weighted by molar-refractivity contribution is -0.115. The standard InChI is InChI=1S/C15H20FN3O/c16-15-12-5-6-17-8-11(12)3-4-13(15)19-14(20)9-18-7-10-1-2-10/h3-4,10,17-18H,1-2,5-9H2,(H,19,20). The third-order valence-corrected chi connectivity index (χ3v) is 3.90. The number of hydrogen-bond donors (Lipinski definition) is 3. The second-order valence-corrected chi connectivity index (χ2v) is 5.61. The maximum atomic E-state index is 14.3. The highest BCUT2D eigenvalue weighted by atomic mass is 19.1. The number of carbonyl (C=O) groups is 1. The zero-order valence-corrected chi connectivity index (χ0v) is 11.5. The highest BCUT2D eigenvalue weighted by molar-refractivity contribution is 5.92. The van der Waals surface area contributed by atoms with Crippen molar-refractivity contribution in [2.45, 2.75) is 25.8 Å². The lowest BCUT2D eigenvalue weighted by atomic mass is 9.99. The lowest BCUT2D eigenvalue weighted by Gasteiger charge is -2.19. The number of halogens is 1. The average Bonchev–Trinajstić information content (AvgIpc) is 3.26. The Balaban J connectivity index is 1.59. The summed E-state index contributed by atoms with van der Waals surface area (Å²) in [5, 5.41) is 8.97.